The van der Waals surface area contributed by atoms with Crippen molar-refractivity contribution in [3.8, 4) is 0 Å². The molecule has 0 amide bonds. The number of hydrogen-bond donors (Lipinski definition) is 1. The number of ether oxygens (including phenoxy) is 2. The molecule has 0 bridgehead atoms. The van der Waals surface area contributed by atoms with E-state index in [4.69, 9.17) is 9.47 Å². The Hall–Kier alpha value is -1.68. The molecule has 0 aromatic heterocycles. The molecule has 0 aromatic rings. The van der Waals surface area contributed by atoms with Crippen molar-refractivity contribution in [2.75, 3.05) is 13.2 Å². The molecule has 33 heavy (non-hydrogen) atoms. The third kappa shape index (κ3) is 20.6. The Morgan fingerprint density at radius 3 is 1.82 bits per heavy atom. The van der Waals surface area contributed by atoms with Gasteiger partial charge in [0, 0.05) is 13.2 Å². The van der Waals surface area contributed by atoms with Gasteiger partial charge in [-0.15, -0.1) is 0 Å². The molecule has 1 saturated heterocycles. The lowest BCUT2D eigenvalue weighted by Crippen LogP contribution is -2.23. The Morgan fingerprint density at radius 2 is 1.30 bits per heavy atom. The highest BCUT2D eigenvalue weighted by molar-refractivity contribution is 5.01. The van der Waals surface area contributed by atoms with Crippen LogP contribution in [0.3, 0.4) is 0 Å². The first-order valence-corrected chi connectivity index (χ1v) is 13.1. The lowest BCUT2D eigenvalue weighted by molar-refractivity contribution is -0.163. The van der Waals surface area contributed by atoms with Gasteiger partial charge in [-0.25, -0.2) is 0 Å². The standard InChI is InChI=1S/C30H48O3/c1-2-3-4-5-6-7-8-9-10-11-12-13-14-15-16-17-18-19-20-24-29(31)25-23-28-33-30-26-21-22-27-32-30/h3-4,6-7,9-10,12-13,15-16,18-19,29-31H,2,5,8,11,14,17,20-28H2,1H3/b4-3-,7-6-,10-9-,13-12-,16-15-,19-18-. The summed E-state index contributed by atoms with van der Waals surface area (Å²) in [6.45, 7) is 3.66. The molecule has 0 spiro atoms. The molecule has 3 heteroatoms. The molecule has 1 aliphatic heterocycles. The van der Waals surface area contributed by atoms with E-state index in [2.05, 4.69) is 79.8 Å². The normalized spacial score (nSPS) is 18.9. The largest absolute Gasteiger partial charge is 0.393 e. The highest BCUT2D eigenvalue weighted by Crippen LogP contribution is 2.14. The van der Waals surface area contributed by atoms with Gasteiger partial charge in [0.1, 0.15) is 0 Å². The van der Waals surface area contributed by atoms with Gasteiger partial charge in [-0.3, -0.25) is 0 Å². The van der Waals surface area contributed by atoms with E-state index in [0.29, 0.717) is 6.61 Å². The molecule has 1 N–H and O–H groups in total. The van der Waals surface area contributed by atoms with E-state index >= 15 is 0 Å². The third-order valence-electron chi connectivity index (χ3n) is 5.39. The van der Waals surface area contributed by atoms with Crippen molar-refractivity contribution in [3.63, 3.8) is 0 Å². The van der Waals surface area contributed by atoms with Crippen LogP contribution in [0.1, 0.15) is 90.4 Å². The summed E-state index contributed by atoms with van der Waals surface area (Å²) < 4.78 is 11.3. The third-order valence-corrected chi connectivity index (χ3v) is 5.39. The summed E-state index contributed by atoms with van der Waals surface area (Å²) in [6, 6.07) is 0. The van der Waals surface area contributed by atoms with Crippen LogP contribution < -0.4 is 0 Å². The Balaban J connectivity index is 1.90. The second-order valence-electron chi connectivity index (χ2n) is 8.46. The number of aliphatic hydroxyl groups excluding tert-OH is 1. The topological polar surface area (TPSA) is 38.7 Å². The second kappa shape index (κ2) is 23.5. The SMILES string of the molecule is CC/C=C\C/C=C\C/C=C\C/C=C\C/C=C\C/C=C\CCC(O)CCCOC1CCCCO1. The van der Waals surface area contributed by atoms with Crippen LogP contribution in [0.15, 0.2) is 72.9 Å². The van der Waals surface area contributed by atoms with Gasteiger partial charge >= 0.3 is 0 Å². The predicted molar refractivity (Wildman–Crippen MR) is 142 cm³/mol. The Bertz CT molecular complexity index is 592. The van der Waals surface area contributed by atoms with Gasteiger partial charge in [-0.2, -0.15) is 0 Å². The fourth-order valence-corrected chi connectivity index (χ4v) is 3.45. The minimum absolute atomic E-state index is 0.0187. The van der Waals surface area contributed by atoms with Crippen molar-refractivity contribution in [2.45, 2.75) is 103 Å². The summed E-state index contributed by atoms with van der Waals surface area (Å²) in [4.78, 5) is 0. The number of rotatable bonds is 19. The summed E-state index contributed by atoms with van der Waals surface area (Å²) in [7, 11) is 0. The van der Waals surface area contributed by atoms with Crippen molar-refractivity contribution >= 4 is 0 Å². The van der Waals surface area contributed by atoms with Gasteiger partial charge in [0.25, 0.3) is 0 Å². The van der Waals surface area contributed by atoms with Crippen molar-refractivity contribution in [2.24, 2.45) is 0 Å². The van der Waals surface area contributed by atoms with Crippen LogP contribution >= 0.6 is 0 Å². The van der Waals surface area contributed by atoms with Gasteiger partial charge in [0.15, 0.2) is 6.29 Å². The summed E-state index contributed by atoms with van der Waals surface area (Å²) in [6.07, 6.45) is 39.2. The van der Waals surface area contributed by atoms with E-state index < -0.39 is 0 Å². The van der Waals surface area contributed by atoms with E-state index in [9.17, 15) is 5.11 Å². The fraction of sp³-hybridized carbons (Fsp3) is 0.600. The average molecular weight is 457 g/mol. The fourth-order valence-electron chi connectivity index (χ4n) is 3.45. The van der Waals surface area contributed by atoms with Crippen molar-refractivity contribution in [3.05, 3.63) is 72.9 Å². The Labute approximate surface area is 203 Å². The maximum Gasteiger partial charge on any atom is 0.157 e. The molecule has 1 aliphatic rings. The number of hydrogen-bond acceptors (Lipinski definition) is 3. The zero-order valence-electron chi connectivity index (χ0n) is 21.0. The van der Waals surface area contributed by atoms with E-state index in [-0.39, 0.29) is 12.4 Å². The van der Waals surface area contributed by atoms with Gasteiger partial charge < -0.3 is 14.6 Å². The summed E-state index contributed by atoms with van der Waals surface area (Å²) in [5, 5.41) is 10.1. The van der Waals surface area contributed by atoms with Gasteiger partial charge in [0.2, 0.25) is 0 Å². The van der Waals surface area contributed by atoms with Crippen LogP contribution in [0, 0.1) is 0 Å². The average Bonchev–Trinajstić information content (AvgIpc) is 2.84. The first kappa shape index (κ1) is 29.4. The minimum atomic E-state index is -0.237. The number of allylic oxidation sites excluding steroid dienone is 12. The lowest BCUT2D eigenvalue weighted by Gasteiger charge is -2.22. The molecule has 1 heterocycles. The molecule has 1 rings (SSSR count). The highest BCUT2D eigenvalue weighted by atomic mass is 16.7. The van der Waals surface area contributed by atoms with E-state index in [1.807, 2.05) is 0 Å². The van der Waals surface area contributed by atoms with Crippen LogP contribution in [-0.4, -0.2) is 30.7 Å². The smallest absolute Gasteiger partial charge is 0.157 e. The molecule has 1 fully saturated rings. The van der Waals surface area contributed by atoms with Crippen molar-refractivity contribution in [1.29, 1.82) is 0 Å². The zero-order chi connectivity index (χ0) is 23.7. The first-order valence-electron chi connectivity index (χ1n) is 13.1. The minimum Gasteiger partial charge on any atom is -0.393 e. The quantitative estimate of drug-likeness (QED) is 0.157. The summed E-state index contributed by atoms with van der Waals surface area (Å²) in [5.74, 6) is 0. The molecule has 3 nitrogen and oxygen atoms in total. The molecule has 2 atom stereocenters. The first-order chi connectivity index (χ1) is 16.3. The molecular weight excluding hydrogens is 408 g/mol. The van der Waals surface area contributed by atoms with Crippen molar-refractivity contribution in [1.82, 2.24) is 0 Å². The molecule has 0 saturated carbocycles. The van der Waals surface area contributed by atoms with Crippen LogP contribution in [0.4, 0.5) is 0 Å². The molecular formula is C30H48O3. The van der Waals surface area contributed by atoms with E-state index in [1.54, 1.807) is 0 Å². The van der Waals surface area contributed by atoms with Crippen molar-refractivity contribution < 1.29 is 14.6 Å². The van der Waals surface area contributed by atoms with E-state index in [1.165, 1.54) is 6.42 Å². The molecule has 0 aromatic carbocycles. The Kier molecular flexibility index (Phi) is 20.9. The maximum atomic E-state index is 10.1. The molecule has 2 unspecified atom stereocenters. The maximum absolute atomic E-state index is 10.1. The van der Waals surface area contributed by atoms with Crippen LogP contribution in [0.5, 0.6) is 0 Å². The highest BCUT2D eigenvalue weighted by Gasteiger charge is 2.13. The van der Waals surface area contributed by atoms with Gasteiger partial charge in [-0.1, -0.05) is 79.8 Å². The molecule has 0 radical (unpaired) electrons. The van der Waals surface area contributed by atoms with Crippen LogP contribution in [-0.2, 0) is 9.47 Å². The lowest BCUT2D eigenvalue weighted by atomic mass is 10.1. The zero-order valence-corrected chi connectivity index (χ0v) is 21.0. The Morgan fingerprint density at radius 1 is 0.758 bits per heavy atom. The van der Waals surface area contributed by atoms with Crippen LogP contribution in [0.25, 0.3) is 0 Å². The summed E-state index contributed by atoms with van der Waals surface area (Å²) in [5.41, 5.74) is 0. The van der Waals surface area contributed by atoms with Crippen LogP contribution in [0.2, 0.25) is 0 Å². The van der Waals surface area contributed by atoms with Gasteiger partial charge in [-0.05, 0) is 83.5 Å². The monoisotopic (exact) mass is 456 g/mol. The number of aliphatic hydroxyl groups is 1. The predicted octanol–water partition coefficient (Wildman–Crippen LogP) is 8.15. The summed E-state index contributed by atoms with van der Waals surface area (Å²) >= 11 is 0. The molecule has 186 valence electrons. The second-order valence-corrected chi connectivity index (χ2v) is 8.46. The van der Waals surface area contributed by atoms with Gasteiger partial charge in [0.05, 0.1) is 6.10 Å². The molecule has 0 aliphatic carbocycles. The van der Waals surface area contributed by atoms with E-state index in [0.717, 1.165) is 83.7 Å².